The summed E-state index contributed by atoms with van der Waals surface area (Å²) in [7, 11) is -1.38. The number of ether oxygens (including phenoxy) is 3. The first kappa shape index (κ1) is 32.2. The molecule has 3 heterocycles. The van der Waals surface area contributed by atoms with Crippen molar-refractivity contribution in [3.8, 4) is 28.8 Å². The normalized spacial score (nSPS) is 17.7. The molecule has 0 radical (unpaired) electrons. The summed E-state index contributed by atoms with van der Waals surface area (Å²) in [6.45, 7) is 8.09. The molecule has 1 aliphatic rings. The number of nitrogens with one attached hydrogen (secondary N) is 1. The lowest BCUT2D eigenvalue weighted by atomic mass is 9.98. The van der Waals surface area contributed by atoms with E-state index < -0.39 is 33.0 Å². The van der Waals surface area contributed by atoms with Crippen LogP contribution in [0.5, 0.6) is 11.5 Å². The summed E-state index contributed by atoms with van der Waals surface area (Å²) in [5, 5.41) is 7.20. The molecule has 1 aromatic carbocycles. The Kier molecular flexibility index (Phi) is 10.0. The highest BCUT2D eigenvalue weighted by atomic mass is 32.2. The minimum atomic E-state index is -4.30. The third kappa shape index (κ3) is 6.90. The number of hydrogen-bond acceptors (Lipinski definition) is 10. The van der Waals surface area contributed by atoms with Crippen molar-refractivity contribution in [3.63, 3.8) is 0 Å². The second kappa shape index (κ2) is 13.7. The summed E-state index contributed by atoms with van der Waals surface area (Å²) in [5.74, 6) is -0.504. The van der Waals surface area contributed by atoms with Gasteiger partial charge >= 0.3 is 5.97 Å². The predicted octanol–water partition coefficient (Wildman–Crippen LogP) is 3.74. The van der Waals surface area contributed by atoms with E-state index in [1.807, 2.05) is 0 Å². The number of rotatable bonds is 10. The van der Waals surface area contributed by atoms with Gasteiger partial charge in [-0.05, 0) is 58.2 Å². The van der Waals surface area contributed by atoms with E-state index in [2.05, 4.69) is 31.6 Å². The number of para-hydroxylation sites is 1. The third-order valence-corrected chi connectivity index (χ3v) is 8.42. The summed E-state index contributed by atoms with van der Waals surface area (Å²) < 4.78 is 67.6. The Hall–Kier alpha value is -4.73. The number of hydrogen-bond donors (Lipinski definition) is 1. The number of esters is 1. The van der Waals surface area contributed by atoms with E-state index in [1.165, 1.54) is 30.6 Å². The van der Waals surface area contributed by atoms with Gasteiger partial charge in [0.2, 0.25) is 27.8 Å². The molecular weight excluding hydrogens is 597 g/mol. The van der Waals surface area contributed by atoms with Crippen LogP contribution in [0.15, 0.2) is 56.8 Å². The van der Waals surface area contributed by atoms with Crippen molar-refractivity contribution in [1.82, 2.24) is 19.7 Å². The number of carbonyl (C=O) groups excluding carboxylic acids is 1. The fraction of sp³-hybridized carbons (Fsp3) is 0.393. The molecule has 0 aliphatic carbocycles. The number of halogens is 1. The minimum absolute atomic E-state index is 0.0401. The molecule has 2 atom stereocenters. The SMILES string of the molecule is C=NC(=N/C=C(\C)F)N1C[C@H](C(=O)OCC)C[C@H](S(=O)(=O)Nc2nnc(-c3ccc(C)o3)n2-c2c(OC)cccc2OC)C1. The summed E-state index contributed by atoms with van der Waals surface area (Å²) in [5.41, 5.74) is 0.317. The zero-order valence-electron chi connectivity index (χ0n) is 25.0. The van der Waals surface area contributed by atoms with Crippen LogP contribution in [0.4, 0.5) is 10.3 Å². The summed E-state index contributed by atoms with van der Waals surface area (Å²) >= 11 is 0. The van der Waals surface area contributed by atoms with Gasteiger partial charge in [0.15, 0.2) is 5.76 Å². The van der Waals surface area contributed by atoms with Crippen molar-refractivity contribution in [2.75, 3.05) is 38.6 Å². The number of guanidine groups is 1. The number of nitrogens with zero attached hydrogens (tertiary/aromatic N) is 6. The van der Waals surface area contributed by atoms with Crippen molar-refractivity contribution >= 4 is 34.6 Å². The van der Waals surface area contributed by atoms with Crippen LogP contribution < -0.4 is 14.2 Å². The number of methoxy groups -OCH3 is 2. The van der Waals surface area contributed by atoms with Gasteiger partial charge in [-0.1, -0.05) is 6.07 Å². The zero-order chi connectivity index (χ0) is 32.0. The van der Waals surface area contributed by atoms with Crippen molar-refractivity contribution in [2.24, 2.45) is 15.9 Å². The van der Waals surface area contributed by atoms with Crippen molar-refractivity contribution in [1.29, 1.82) is 0 Å². The second-order valence-electron chi connectivity index (χ2n) is 9.77. The lowest BCUT2D eigenvalue weighted by molar-refractivity contribution is -0.149. The molecule has 1 N–H and O–H groups in total. The molecule has 1 saturated heterocycles. The molecule has 0 amide bonds. The van der Waals surface area contributed by atoms with Crippen molar-refractivity contribution in [3.05, 3.63) is 48.1 Å². The fourth-order valence-electron chi connectivity index (χ4n) is 4.78. The van der Waals surface area contributed by atoms with Gasteiger partial charge < -0.3 is 23.5 Å². The highest BCUT2D eigenvalue weighted by Crippen LogP contribution is 2.38. The van der Waals surface area contributed by atoms with Crippen LogP contribution in [0.2, 0.25) is 0 Å². The third-order valence-electron chi connectivity index (χ3n) is 6.74. The topological polar surface area (TPSA) is 163 Å². The Morgan fingerprint density at radius 3 is 2.48 bits per heavy atom. The number of anilines is 1. The number of aliphatic imine (C=N–C) groups is 2. The van der Waals surface area contributed by atoms with Crippen LogP contribution in [0, 0.1) is 12.8 Å². The summed E-state index contributed by atoms with van der Waals surface area (Å²) in [4.78, 5) is 22.1. The van der Waals surface area contributed by atoms with Gasteiger partial charge in [0.05, 0.1) is 38.2 Å². The Morgan fingerprint density at radius 2 is 1.91 bits per heavy atom. The second-order valence-corrected chi connectivity index (χ2v) is 11.7. The van der Waals surface area contributed by atoms with Gasteiger partial charge in [0.1, 0.15) is 28.8 Å². The Labute approximate surface area is 254 Å². The van der Waals surface area contributed by atoms with E-state index in [0.29, 0.717) is 28.7 Å². The molecule has 16 heteroatoms. The van der Waals surface area contributed by atoms with Gasteiger partial charge in [-0.2, -0.15) is 0 Å². The molecule has 2 aromatic heterocycles. The molecule has 0 unspecified atom stereocenters. The maximum absolute atomic E-state index is 14.0. The average Bonchev–Trinajstić information content (AvgIpc) is 3.62. The number of aryl methyl sites for hydroxylation is 1. The number of furan rings is 1. The van der Waals surface area contributed by atoms with Gasteiger partial charge in [0.25, 0.3) is 0 Å². The maximum atomic E-state index is 14.0. The standard InChI is InChI=1S/C28H34FN7O7S/c1-7-42-26(37)19-13-20(16-35(15-19)27(30-4)31-14-17(2)29)44(38,39)34-28-33-32-25(23-12-11-18(3)43-23)36(28)24-21(40-5)9-8-10-22(24)41-6/h8-12,14,19-20H,4,7,13,15-16H2,1-3,5-6H3,(H,33,34)/b17-14+,31-27?/t19-,20+/m1/s1. The van der Waals surface area contributed by atoms with E-state index in [1.54, 1.807) is 44.2 Å². The van der Waals surface area contributed by atoms with Crippen LogP contribution in [0.3, 0.4) is 0 Å². The molecule has 0 spiro atoms. The Morgan fingerprint density at radius 1 is 1.20 bits per heavy atom. The monoisotopic (exact) mass is 631 g/mol. The van der Waals surface area contributed by atoms with E-state index in [-0.39, 0.29) is 43.8 Å². The van der Waals surface area contributed by atoms with Crippen LogP contribution >= 0.6 is 0 Å². The molecule has 44 heavy (non-hydrogen) atoms. The minimum Gasteiger partial charge on any atom is -0.494 e. The van der Waals surface area contributed by atoms with Crippen molar-refractivity contribution < 1.29 is 36.2 Å². The molecule has 1 fully saturated rings. The van der Waals surface area contributed by atoms with Gasteiger partial charge in [-0.15, -0.1) is 10.2 Å². The maximum Gasteiger partial charge on any atom is 0.310 e. The molecule has 0 bridgehead atoms. The van der Waals surface area contributed by atoms with Gasteiger partial charge in [-0.3, -0.25) is 14.1 Å². The van der Waals surface area contributed by atoms with Crippen LogP contribution in [-0.4, -0.2) is 85.9 Å². The van der Waals surface area contributed by atoms with E-state index in [9.17, 15) is 17.6 Å². The molecular formula is C28H34FN7O7S. The lowest BCUT2D eigenvalue weighted by Gasteiger charge is -2.36. The number of aromatic nitrogens is 3. The molecule has 0 saturated carbocycles. The molecule has 4 rings (SSSR count). The van der Waals surface area contributed by atoms with Crippen molar-refractivity contribution in [2.45, 2.75) is 32.4 Å². The van der Waals surface area contributed by atoms with Gasteiger partial charge in [0, 0.05) is 13.1 Å². The van der Waals surface area contributed by atoms with E-state index in [0.717, 1.165) is 6.20 Å². The highest BCUT2D eigenvalue weighted by molar-refractivity contribution is 7.93. The number of benzene rings is 1. The first-order chi connectivity index (χ1) is 21.0. The average molecular weight is 632 g/mol. The number of likely N-dealkylation sites (tertiary alicyclic amines) is 1. The number of sulfonamides is 1. The molecule has 14 nitrogen and oxygen atoms in total. The first-order valence-corrected chi connectivity index (χ1v) is 15.1. The Bertz CT molecular complexity index is 1660. The molecule has 1 aliphatic heterocycles. The quantitative estimate of drug-likeness (QED) is 0.198. The van der Waals surface area contributed by atoms with E-state index >= 15 is 0 Å². The zero-order valence-corrected chi connectivity index (χ0v) is 25.8. The largest absolute Gasteiger partial charge is 0.494 e. The fourth-order valence-corrected chi connectivity index (χ4v) is 6.20. The van der Waals surface area contributed by atoms with Crippen LogP contribution in [0.1, 0.15) is 26.0 Å². The van der Waals surface area contributed by atoms with E-state index in [4.69, 9.17) is 18.6 Å². The molecule has 3 aromatic rings. The van der Waals surface area contributed by atoms with Crippen LogP contribution in [0.25, 0.3) is 17.3 Å². The highest BCUT2D eigenvalue weighted by Gasteiger charge is 2.41. The molecule has 236 valence electrons. The lowest BCUT2D eigenvalue weighted by Crippen LogP contribution is -2.51. The number of carbonyl (C=O) groups is 1. The van der Waals surface area contributed by atoms with Crippen LogP contribution in [-0.2, 0) is 19.6 Å². The number of allylic oxidation sites excluding steroid dienone is 1. The smallest absolute Gasteiger partial charge is 0.310 e. The van der Waals surface area contributed by atoms with Gasteiger partial charge in [-0.25, -0.2) is 22.8 Å². The first-order valence-electron chi connectivity index (χ1n) is 13.6. The summed E-state index contributed by atoms with van der Waals surface area (Å²) in [6.07, 6.45) is 0.851. The number of piperidine rings is 1. The predicted molar refractivity (Wildman–Crippen MR) is 161 cm³/mol. The Balaban J connectivity index is 1.80. The summed E-state index contributed by atoms with van der Waals surface area (Å²) in [6, 6.07) is 8.47.